The molecule has 0 aromatic heterocycles. The van der Waals surface area contributed by atoms with Crippen LogP contribution in [-0.2, 0) is 5.41 Å². The van der Waals surface area contributed by atoms with Crippen LogP contribution in [0.25, 0.3) is 0 Å². The fraction of sp³-hybridized carbons (Fsp3) is 0.600. The molecule has 1 aromatic rings. The summed E-state index contributed by atoms with van der Waals surface area (Å²) in [6, 6.07) is 1.98. The average molecular weight is 281 g/mol. The molecular weight excluding hydrogens is 256 g/mol. The minimum atomic E-state index is -0.841. The van der Waals surface area contributed by atoms with Gasteiger partial charge in [0.1, 0.15) is 17.2 Å². The van der Waals surface area contributed by atoms with Gasteiger partial charge in [-0.1, -0.05) is 20.8 Å². The van der Waals surface area contributed by atoms with E-state index in [0.717, 1.165) is 28.4 Å². The minimum absolute atomic E-state index is 0.0466. The van der Waals surface area contributed by atoms with Crippen molar-refractivity contribution in [3.63, 3.8) is 0 Å². The van der Waals surface area contributed by atoms with E-state index in [9.17, 15) is 0 Å². The molecule has 0 N–H and O–H groups in total. The van der Waals surface area contributed by atoms with Crippen LogP contribution in [0.1, 0.15) is 31.9 Å². The third-order valence-corrected chi connectivity index (χ3v) is 3.56. The normalized spacial score (nSPS) is 11.6. The fourth-order valence-electron chi connectivity index (χ4n) is 2.19. The molecule has 0 fully saturated rings. The Balaban J connectivity index is 3.58. The lowest BCUT2D eigenvalue weighted by atomic mass is 9.84. The molecule has 0 aliphatic carbocycles. The number of hydrogen-bond donors (Lipinski definition) is 0. The molecule has 0 bridgehead atoms. The number of hydrogen-bond acceptors (Lipinski definition) is 3. The first kappa shape index (κ1) is 15.9. The maximum atomic E-state index is 6.05. The van der Waals surface area contributed by atoms with Crippen molar-refractivity contribution in [2.75, 3.05) is 14.2 Å². The van der Waals surface area contributed by atoms with Crippen molar-refractivity contribution >= 4 is 9.04 Å². The molecule has 107 valence electrons. The Bertz CT molecular complexity index is 448. The van der Waals surface area contributed by atoms with Crippen LogP contribution in [0.15, 0.2) is 6.07 Å². The summed E-state index contributed by atoms with van der Waals surface area (Å²) in [5.41, 5.74) is 2.08. The van der Waals surface area contributed by atoms with E-state index in [-0.39, 0.29) is 5.41 Å². The van der Waals surface area contributed by atoms with Gasteiger partial charge < -0.3 is 13.9 Å². The topological polar surface area (TPSA) is 27.7 Å². The van der Waals surface area contributed by atoms with Crippen molar-refractivity contribution in [2.24, 2.45) is 0 Å². The van der Waals surface area contributed by atoms with Crippen LogP contribution < -0.4 is 13.9 Å². The highest BCUT2D eigenvalue weighted by atomic mass is 28.3. The molecule has 19 heavy (non-hydrogen) atoms. The van der Waals surface area contributed by atoms with Gasteiger partial charge in [0.2, 0.25) is 0 Å². The summed E-state index contributed by atoms with van der Waals surface area (Å²) in [5, 5.41) is 0. The minimum Gasteiger partial charge on any atom is -0.542 e. The Morgan fingerprint density at radius 2 is 1.58 bits per heavy atom. The molecule has 0 heterocycles. The molecular formula is C15H25O3Si. The van der Waals surface area contributed by atoms with E-state index < -0.39 is 9.04 Å². The van der Waals surface area contributed by atoms with Gasteiger partial charge in [-0.05, 0) is 25.4 Å². The van der Waals surface area contributed by atoms with Crippen LogP contribution in [-0.4, -0.2) is 23.3 Å². The van der Waals surface area contributed by atoms with Crippen LogP contribution in [0.2, 0.25) is 13.1 Å². The molecule has 0 amide bonds. The Kier molecular flexibility index (Phi) is 4.90. The zero-order valence-electron chi connectivity index (χ0n) is 13.3. The summed E-state index contributed by atoms with van der Waals surface area (Å²) in [5.74, 6) is 2.55. The van der Waals surface area contributed by atoms with Crippen molar-refractivity contribution in [3.05, 3.63) is 17.2 Å². The highest BCUT2D eigenvalue weighted by Crippen LogP contribution is 2.45. The van der Waals surface area contributed by atoms with E-state index in [2.05, 4.69) is 33.9 Å². The molecule has 0 aliphatic rings. The van der Waals surface area contributed by atoms with Crippen molar-refractivity contribution < 1.29 is 13.9 Å². The summed E-state index contributed by atoms with van der Waals surface area (Å²) in [6.45, 7) is 12.8. The van der Waals surface area contributed by atoms with Gasteiger partial charge >= 0.3 is 0 Å². The number of benzene rings is 1. The van der Waals surface area contributed by atoms with E-state index in [0.29, 0.717) is 0 Å². The van der Waals surface area contributed by atoms with E-state index >= 15 is 0 Å². The van der Waals surface area contributed by atoms with Crippen molar-refractivity contribution in [1.29, 1.82) is 0 Å². The molecule has 0 spiro atoms. The van der Waals surface area contributed by atoms with Gasteiger partial charge in [-0.25, -0.2) is 0 Å². The van der Waals surface area contributed by atoms with Gasteiger partial charge in [-0.2, -0.15) is 0 Å². The first-order valence-corrected chi connectivity index (χ1v) is 8.87. The number of rotatable bonds is 4. The first-order chi connectivity index (χ1) is 8.72. The van der Waals surface area contributed by atoms with E-state index in [1.165, 1.54) is 0 Å². The molecule has 0 atom stereocenters. The molecule has 3 nitrogen and oxygen atoms in total. The second-order valence-electron chi connectivity index (χ2n) is 5.87. The lowest BCUT2D eigenvalue weighted by Gasteiger charge is -2.28. The van der Waals surface area contributed by atoms with E-state index in [4.69, 9.17) is 13.9 Å². The summed E-state index contributed by atoms with van der Waals surface area (Å²) in [6.07, 6.45) is 0. The highest BCUT2D eigenvalue weighted by Gasteiger charge is 2.27. The maximum absolute atomic E-state index is 6.05. The molecule has 1 aromatic carbocycles. The molecule has 4 heteroatoms. The van der Waals surface area contributed by atoms with Crippen molar-refractivity contribution in [3.8, 4) is 17.2 Å². The first-order valence-electron chi connectivity index (χ1n) is 6.46. The number of methoxy groups -OCH3 is 2. The summed E-state index contributed by atoms with van der Waals surface area (Å²) < 4.78 is 17.1. The van der Waals surface area contributed by atoms with E-state index in [1.807, 2.05) is 13.0 Å². The van der Waals surface area contributed by atoms with Crippen molar-refractivity contribution in [2.45, 2.75) is 46.2 Å². The monoisotopic (exact) mass is 281 g/mol. The Morgan fingerprint density at radius 3 is 1.95 bits per heavy atom. The predicted octanol–water partition coefficient (Wildman–Crippen LogP) is 3.94. The zero-order chi connectivity index (χ0) is 14.8. The molecule has 1 radical (unpaired) electrons. The molecule has 1 rings (SSSR count). The van der Waals surface area contributed by atoms with Gasteiger partial charge in [0.25, 0.3) is 9.04 Å². The van der Waals surface area contributed by atoms with Crippen molar-refractivity contribution in [1.82, 2.24) is 0 Å². The standard InChI is InChI=1S/C15H25O3Si/c1-10-11(16-5)9-12(18-19(7)8)13(14(10)17-6)15(2,3)4/h9H,1-8H3. The van der Waals surface area contributed by atoms with Gasteiger partial charge in [-0.15, -0.1) is 0 Å². The second kappa shape index (κ2) is 5.86. The summed E-state index contributed by atoms with van der Waals surface area (Å²) in [4.78, 5) is 0. The molecule has 0 saturated carbocycles. The lowest BCUT2D eigenvalue weighted by Crippen LogP contribution is -2.20. The third kappa shape index (κ3) is 3.44. The summed E-state index contributed by atoms with van der Waals surface area (Å²) in [7, 11) is 2.53. The average Bonchev–Trinajstić information content (AvgIpc) is 2.28. The summed E-state index contributed by atoms with van der Waals surface area (Å²) >= 11 is 0. The zero-order valence-corrected chi connectivity index (χ0v) is 14.3. The quantitative estimate of drug-likeness (QED) is 0.782. The van der Waals surface area contributed by atoms with Crippen LogP contribution in [0.3, 0.4) is 0 Å². The van der Waals surface area contributed by atoms with Crippen LogP contribution in [0, 0.1) is 6.92 Å². The van der Waals surface area contributed by atoms with Crippen LogP contribution in [0.4, 0.5) is 0 Å². The molecule has 0 unspecified atom stereocenters. The second-order valence-corrected chi connectivity index (χ2v) is 7.89. The predicted molar refractivity (Wildman–Crippen MR) is 81.1 cm³/mol. The molecule has 0 saturated heterocycles. The lowest BCUT2D eigenvalue weighted by molar-refractivity contribution is 0.370. The van der Waals surface area contributed by atoms with Gasteiger partial charge in [0.15, 0.2) is 0 Å². The Morgan fingerprint density at radius 1 is 1.00 bits per heavy atom. The smallest absolute Gasteiger partial charge is 0.274 e. The third-order valence-electron chi connectivity index (χ3n) is 2.93. The molecule has 0 aliphatic heterocycles. The fourth-order valence-corrected chi connectivity index (χ4v) is 2.79. The van der Waals surface area contributed by atoms with Crippen LogP contribution in [0.5, 0.6) is 17.2 Å². The Labute approximate surface area is 118 Å². The Hall–Kier alpha value is -1.16. The number of ether oxygens (including phenoxy) is 2. The van der Waals surface area contributed by atoms with Crippen LogP contribution >= 0.6 is 0 Å². The van der Waals surface area contributed by atoms with Gasteiger partial charge in [0.05, 0.1) is 14.2 Å². The highest BCUT2D eigenvalue weighted by molar-refractivity contribution is 6.49. The maximum Gasteiger partial charge on any atom is 0.274 e. The largest absolute Gasteiger partial charge is 0.542 e. The van der Waals surface area contributed by atoms with Gasteiger partial charge in [0, 0.05) is 17.2 Å². The SMILES string of the molecule is COc1cc(O[Si](C)C)c(C(C)(C)C)c(OC)c1C. The van der Waals surface area contributed by atoms with E-state index in [1.54, 1.807) is 14.2 Å². The van der Waals surface area contributed by atoms with Gasteiger partial charge in [-0.3, -0.25) is 0 Å².